The Bertz CT molecular complexity index is 855. The number of hydrogen-bond donors (Lipinski definition) is 0. The van der Waals surface area contributed by atoms with Crippen molar-refractivity contribution in [1.29, 1.82) is 0 Å². The monoisotopic (exact) mass is 464 g/mol. The van der Waals surface area contributed by atoms with Crippen LogP contribution in [0.4, 0.5) is 0 Å². The standard InChI is InChI=1S/C11H12O4S.C11H12O3S/c12-11(9-4-2-1-3-5-9)15-8-10-14-6-7-16(10)13;12-11(9-4-2-1-3-5-9)14-8-10-13-6-7-15-10/h1-5,10H,6-8H2;1-5,10H,6-8H2/t10-,16?;10-/m11/s1. The SMILES string of the molecule is O=C(OC[C@@H]1OCCS1)c1ccccc1.O=C(OC[C@@H]1OCCS1=O)c1ccccc1. The van der Waals surface area contributed by atoms with Crippen LogP contribution in [0.25, 0.3) is 0 Å². The number of carbonyl (C=O) groups is 2. The fraction of sp³-hybridized carbons (Fsp3) is 0.364. The first-order valence-corrected chi connectivity index (χ1v) is 12.2. The van der Waals surface area contributed by atoms with Gasteiger partial charge in [-0.05, 0) is 24.3 Å². The minimum Gasteiger partial charge on any atom is -0.458 e. The van der Waals surface area contributed by atoms with Crippen LogP contribution >= 0.6 is 11.8 Å². The Hall–Kier alpha value is -2.20. The maximum atomic E-state index is 11.5. The van der Waals surface area contributed by atoms with Crippen molar-refractivity contribution in [1.82, 2.24) is 0 Å². The van der Waals surface area contributed by atoms with E-state index in [1.165, 1.54) is 0 Å². The summed E-state index contributed by atoms with van der Waals surface area (Å²) >= 11 is 1.68. The maximum absolute atomic E-state index is 11.5. The molecule has 2 aromatic rings. The lowest BCUT2D eigenvalue weighted by Gasteiger charge is -2.09. The number of rotatable bonds is 6. The molecule has 0 radical (unpaired) electrons. The van der Waals surface area contributed by atoms with E-state index in [1.807, 2.05) is 24.3 Å². The fourth-order valence-electron chi connectivity index (χ4n) is 2.70. The smallest absolute Gasteiger partial charge is 0.338 e. The topological polar surface area (TPSA) is 88.1 Å². The average Bonchev–Trinajstić information content (AvgIpc) is 3.49. The summed E-state index contributed by atoms with van der Waals surface area (Å²) in [5.41, 5.74) is 0.622. The van der Waals surface area contributed by atoms with E-state index in [2.05, 4.69) is 0 Å². The van der Waals surface area contributed by atoms with Gasteiger partial charge < -0.3 is 18.9 Å². The van der Waals surface area contributed by atoms with Gasteiger partial charge in [0.2, 0.25) is 0 Å². The van der Waals surface area contributed by atoms with E-state index in [0.717, 1.165) is 12.4 Å². The lowest BCUT2D eigenvalue weighted by molar-refractivity contribution is 0.0289. The van der Waals surface area contributed by atoms with Crippen molar-refractivity contribution >= 4 is 34.5 Å². The molecular formula is C22H24O7S2. The van der Waals surface area contributed by atoms with Gasteiger partial charge in [-0.1, -0.05) is 36.4 Å². The number of thioether (sulfide) groups is 1. The molecule has 9 heteroatoms. The number of hydrogen-bond acceptors (Lipinski definition) is 8. The number of benzene rings is 2. The molecule has 2 fully saturated rings. The zero-order valence-corrected chi connectivity index (χ0v) is 18.5. The van der Waals surface area contributed by atoms with Crippen molar-refractivity contribution in [2.45, 2.75) is 10.9 Å². The molecule has 4 rings (SSSR count). The largest absolute Gasteiger partial charge is 0.458 e. The predicted molar refractivity (Wildman–Crippen MR) is 118 cm³/mol. The maximum Gasteiger partial charge on any atom is 0.338 e. The molecule has 2 aromatic carbocycles. The van der Waals surface area contributed by atoms with Crippen LogP contribution in [0.15, 0.2) is 60.7 Å². The number of carbonyl (C=O) groups excluding carboxylic acids is 2. The Morgan fingerprint density at radius 2 is 1.45 bits per heavy atom. The molecular weight excluding hydrogens is 440 g/mol. The van der Waals surface area contributed by atoms with Crippen LogP contribution in [0.2, 0.25) is 0 Å². The van der Waals surface area contributed by atoms with Gasteiger partial charge in [0.1, 0.15) is 18.6 Å². The van der Waals surface area contributed by atoms with E-state index in [0.29, 0.717) is 30.1 Å². The second-order valence-electron chi connectivity index (χ2n) is 6.49. The van der Waals surface area contributed by atoms with E-state index in [-0.39, 0.29) is 18.0 Å². The minimum absolute atomic E-state index is 0.0117. The lowest BCUT2D eigenvalue weighted by Crippen LogP contribution is -2.21. The molecule has 1 unspecified atom stereocenters. The summed E-state index contributed by atoms with van der Waals surface area (Å²) in [7, 11) is -1.03. The first kappa shape index (κ1) is 23.5. The molecule has 0 spiro atoms. The summed E-state index contributed by atoms with van der Waals surface area (Å²) in [6, 6.07) is 17.7. The van der Waals surface area contributed by atoms with Crippen molar-refractivity contribution in [3.05, 3.63) is 71.8 Å². The Balaban J connectivity index is 0.000000176. The third-order valence-electron chi connectivity index (χ3n) is 4.29. The quantitative estimate of drug-likeness (QED) is 0.603. The Morgan fingerprint density at radius 1 is 0.871 bits per heavy atom. The van der Waals surface area contributed by atoms with Crippen LogP contribution in [0.3, 0.4) is 0 Å². The van der Waals surface area contributed by atoms with E-state index >= 15 is 0 Å². The molecule has 2 aliphatic heterocycles. The van der Waals surface area contributed by atoms with Crippen LogP contribution in [0.5, 0.6) is 0 Å². The molecule has 3 atom stereocenters. The highest BCUT2D eigenvalue weighted by molar-refractivity contribution is 8.00. The second-order valence-corrected chi connectivity index (χ2v) is 9.45. The normalized spacial score (nSPS) is 22.3. The first-order chi connectivity index (χ1) is 15.1. The molecule has 166 valence electrons. The van der Waals surface area contributed by atoms with Crippen molar-refractivity contribution in [2.75, 3.05) is 37.9 Å². The average molecular weight is 465 g/mol. The summed E-state index contributed by atoms with van der Waals surface area (Å²) in [5.74, 6) is 0.806. The van der Waals surface area contributed by atoms with Gasteiger partial charge >= 0.3 is 11.9 Å². The summed E-state index contributed by atoms with van der Waals surface area (Å²) in [6.07, 6.45) is 0. The molecule has 0 saturated carbocycles. The Morgan fingerprint density at radius 3 is 1.94 bits per heavy atom. The van der Waals surface area contributed by atoms with Gasteiger partial charge in [-0.25, -0.2) is 9.59 Å². The van der Waals surface area contributed by atoms with Crippen molar-refractivity contribution < 1.29 is 32.7 Å². The van der Waals surface area contributed by atoms with Crippen molar-refractivity contribution in [3.8, 4) is 0 Å². The summed E-state index contributed by atoms with van der Waals surface area (Å²) in [5, 5.41) is 0. The molecule has 31 heavy (non-hydrogen) atoms. The summed E-state index contributed by atoms with van der Waals surface area (Å²) < 4.78 is 32.0. The Kier molecular flexibility index (Phi) is 9.54. The van der Waals surface area contributed by atoms with Crippen LogP contribution in [0.1, 0.15) is 20.7 Å². The van der Waals surface area contributed by atoms with E-state index in [1.54, 1.807) is 48.2 Å². The number of esters is 2. The fourth-order valence-corrected chi connectivity index (χ4v) is 4.50. The second kappa shape index (κ2) is 12.6. The number of ether oxygens (including phenoxy) is 4. The lowest BCUT2D eigenvalue weighted by atomic mass is 10.2. The molecule has 0 aliphatic carbocycles. The van der Waals surface area contributed by atoms with Crippen molar-refractivity contribution in [2.24, 2.45) is 0 Å². The molecule has 2 aliphatic rings. The molecule has 0 amide bonds. The molecule has 7 nitrogen and oxygen atoms in total. The molecule has 2 saturated heterocycles. The van der Waals surface area contributed by atoms with Gasteiger partial charge in [-0.2, -0.15) is 0 Å². The highest BCUT2D eigenvalue weighted by atomic mass is 32.2. The van der Waals surface area contributed by atoms with E-state index in [4.69, 9.17) is 18.9 Å². The molecule has 2 heterocycles. The van der Waals surface area contributed by atoms with E-state index in [9.17, 15) is 13.8 Å². The summed E-state index contributed by atoms with van der Waals surface area (Å²) in [6.45, 7) is 1.61. The van der Waals surface area contributed by atoms with Crippen LogP contribution in [-0.4, -0.2) is 65.0 Å². The predicted octanol–water partition coefficient (Wildman–Crippen LogP) is 2.88. The van der Waals surface area contributed by atoms with Gasteiger partial charge in [0.05, 0.1) is 35.1 Å². The van der Waals surface area contributed by atoms with Crippen LogP contribution < -0.4 is 0 Å². The third kappa shape index (κ3) is 7.77. The summed E-state index contributed by atoms with van der Waals surface area (Å²) in [4.78, 5) is 23.0. The zero-order chi connectivity index (χ0) is 21.9. The molecule has 0 bridgehead atoms. The van der Waals surface area contributed by atoms with Crippen LogP contribution in [0, 0.1) is 0 Å². The van der Waals surface area contributed by atoms with Crippen LogP contribution in [-0.2, 0) is 29.7 Å². The van der Waals surface area contributed by atoms with Crippen molar-refractivity contribution in [3.63, 3.8) is 0 Å². The van der Waals surface area contributed by atoms with Gasteiger partial charge in [-0.3, -0.25) is 4.21 Å². The molecule has 0 N–H and O–H groups in total. The van der Waals surface area contributed by atoms with Gasteiger partial charge in [0.25, 0.3) is 0 Å². The highest BCUT2D eigenvalue weighted by Crippen LogP contribution is 2.20. The van der Waals surface area contributed by atoms with E-state index < -0.39 is 22.2 Å². The zero-order valence-electron chi connectivity index (χ0n) is 16.8. The Labute approximate surface area is 187 Å². The van der Waals surface area contributed by atoms with Gasteiger partial charge in [0.15, 0.2) is 5.44 Å². The minimum atomic E-state index is -1.03. The third-order valence-corrected chi connectivity index (χ3v) is 6.77. The van der Waals surface area contributed by atoms with Gasteiger partial charge in [0, 0.05) is 11.5 Å². The van der Waals surface area contributed by atoms with Gasteiger partial charge in [-0.15, -0.1) is 11.8 Å². The highest BCUT2D eigenvalue weighted by Gasteiger charge is 2.25. The molecule has 0 aromatic heterocycles. The first-order valence-electron chi connectivity index (χ1n) is 9.80.